The van der Waals surface area contributed by atoms with Gasteiger partial charge in [0, 0.05) is 25.3 Å². The first-order chi connectivity index (χ1) is 8.96. The normalized spacial score (nSPS) is 13.7. The SMILES string of the molecule is CCC(C)N(C(=O)c1cc(C#N)cn1C)C(C)CC. The van der Waals surface area contributed by atoms with E-state index in [1.807, 2.05) is 4.90 Å². The zero-order chi connectivity index (χ0) is 14.6. The topological polar surface area (TPSA) is 49.0 Å². The molecule has 0 saturated carbocycles. The third-order valence-corrected chi connectivity index (χ3v) is 3.72. The van der Waals surface area contributed by atoms with E-state index in [0.717, 1.165) is 12.8 Å². The predicted molar refractivity (Wildman–Crippen MR) is 75.8 cm³/mol. The molecule has 0 saturated heterocycles. The first-order valence-corrected chi connectivity index (χ1v) is 6.85. The Bertz CT molecular complexity index is 474. The van der Waals surface area contributed by atoms with Crippen LogP contribution >= 0.6 is 0 Å². The first kappa shape index (κ1) is 15.3. The Balaban J connectivity index is 3.12. The molecule has 4 nitrogen and oxygen atoms in total. The van der Waals surface area contributed by atoms with Gasteiger partial charge in [-0.3, -0.25) is 4.79 Å². The fourth-order valence-electron chi connectivity index (χ4n) is 2.20. The van der Waals surface area contributed by atoms with Crippen LogP contribution in [-0.2, 0) is 7.05 Å². The molecule has 1 rings (SSSR count). The zero-order valence-electron chi connectivity index (χ0n) is 12.5. The van der Waals surface area contributed by atoms with Crippen LogP contribution in [0.15, 0.2) is 12.3 Å². The molecular formula is C15H23N3O. The van der Waals surface area contributed by atoms with Gasteiger partial charge in [-0.25, -0.2) is 0 Å². The van der Waals surface area contributed by atoms with Gasteiger partial charge in [-0.15, -0.1) is 0 Å². The van der Waals surface area contributed by atoms with Gasteiger partial charge in [0.1, 0.15) is 11.8 Å². The van der Waals surface area contributed by atoms with Crippen molar-refractivity contribution >= 4 is 5.91 Å². The minimum absolute atomic E-state index is 0.00713. The van der Waals surface area contributed by atoms with E-state index in [2.05, 4.69) is 33.8 Å². The van der Waals surface area contributed by atoms with Gasteiger partial charge in [-0.1, -0.05) is 13.8 Å². The largest absolute Gasteiger partial charge is 0.345 e. The molecule has 0 bridgehead atoms. The molecule has 0 fully saturated rings. The van der Waals surface area contributed by atoms with E-state index in [4.69, 9.17) is 5.26 Å². The number of hydrogen-bond acceptors (Lipinski definition) is 2. The van der Waals surface area contributed by atoms with E-state index in [0.29, 0.717) is 11.3 Å². The molecule has 4 heteroatoms. The van der Waals surface area contributed by atoms with Crippen molar-refractivity contribution in [2.45, 2.75) is 52.6 Å². The van der Waals surface area contributed by atoms with Crippen molar-refractivity contribution in [1.29, 1.82) is 5.26 Å². The van der Waals surface area contributed by atoms with Gasteiger partial charge in [0.25, 0.3) is 5.91 Å². The Hall–Kier alpha value is -1.76. The van der Waals surface area contributed by atoms with Crippen LogP contribution in [0.2, 0.25) is 0 Å². The van der Waals surface area contributed by atoms with E-state index >= 15 is 0 Å². The van der Waals surface area contributed by atoms with Gasteiger partial charge in [0.15, 0.2) is 0 Å². The maximum atomic E-state index is 12.7. The summed E-state index contributed by atoms with van der Waals surface area (Å²) in [5.74, 6) is 0.00713. The number of rotatable bonds is 5. The van der Waals surface area contributed by atoms with Gasteiger partial charge in [0.05, 0.1) is 5.56 Å². The Labute approximate surface area is 115 Å². The smallest absolute Gasteiger partial charge is 0.270 e. The lowest BCUT2D eigenvalue weighted by Crippen LogP contribution is -2.44. The Kier molecular flexibility index (Phi) is 5.17. The van der Waals surface area contributed by atoms with Crippen LogP contribution < -0.4 is 0 Å². The molecule has 0 aromatic carbocycles. The van der Waals surface area contributed by atoms with Crippen LogP contribution in [0.1, 0.15) is 56.6 Å². The highest BCUT2D eigenvalue weighted by Crippen LogP contribution is 2.17. The van der Waals surface area contributed by atoms with Crippen molar-refractivity contribution in [2.75, 3.05) is 0 Å². The van der Waals surface area contributed by atoms with Gasteiger partial charge >= 0.3 is 0 Å². The van der Waals surface area contributed by atoms with Crippen molar-refractivity contribution in [3.8, 4) is 6.07 Å². The highest BCUT2D eigenvalue weighted by Gasteiger charge is 2.26. The molecule has 0 aliphatic carbocycles. The summed E-state index contributed by atoms with van der Waals surface area (Å²) in [6.45, 7) is 8.30. The molecule has 1 aromatic heterocycles. The van der Waals surface area contributed by atoms with Crippen molar-refractivity contribution in [3.63, 3.8) is 0 Å². The third kappa shape index (κ3) is 3.17. The molecule has 1 aromatic rings. The molecule has 0 N–H and O–H groups in total. The number of hydrogen-bond donors (Lipinski definition) is 0. The lowest BCUT2D eigenvalue weighted by Gasteiger charge is -2.34. The summed E-state index contributed by atoms with van der Waals surface area (Å²) in [6.07, 6.45) is 3.54. The Morgan fingerprint density at radius 3 is 2.26 bits per heavy atom. The second kappa shape index (κ2) is 6.42. The van der Waals surface area contributed by atoms with E-state index in [-0.39, 0.29) is 18.0 Å². The minimum atomic E-state index is 0.00713. The number of carbonyl (C=O) groups is 1. The van der Waals surface area contributed by atoms with Crippen LogP contribution in [-0.4, -0.2) is 27.5 Å². The quantitative estimate of drug-likeness (QED) is 0.818. The minimum Gasteiger partial charge on any atom is -0.345 e. The number of nitriles is 1. The lowest BCUT2D eigenvalue weighted by molar-refractivity contribution is 0.0588. The summed E-state index contributed by atoms with van der Waals surface area (Å²) in [4.78, 5) is 14.6. The average molecular weight is 261 g/mol. The molecule has 0 aliphatic rings. The maximum absolute atomic E-state index is 12.7. The number of nitrogens with zero attached hydrogens (tertiary/aromatic N) is 3. The molecule has 0 radical (unpaired) electrons. The number of amides is 1. The molecular weight excluding hydrogens is 238 g/mol. The Morgan fingerprint density at radius 2 is 1.89 bits per heavy atom. The fraction of sp³-hybridized carbons (Fsp3) is 0.600. The van der Waals surface area contributed by atoms with Crippen LogP contribution in [0.4, 0.5) is 0 Å². The molecule has 1 heterocycles. The van der Waals surface area contributed by atoms with Crippen molar-refractivity contribution in [2.24, 2.45) is 7.05 Å². The second-order valence-electron chi connectivity index (χ2n) is 5.06. The van der Waals surface area contributed by atoms with Crippen molar-refractivity contribution < 1.29 is 4.79 Å². The second-order valence-corrected chi connectivity index (χ2v) is 5.06. The zero-order valence-corrected chi connectivity index (χ0v) is 12.5. The summed E-state index contributed by atoms with van der Waals surface area (Å²) in [5, 5.41) is 8.92. The summed E-state index contributed by atoms with van der Waals surface area (Å²) in [5.41, 5.74) is 1.11. The monoisotopic (exact) mass is 261 g/mol. The third-order valence-electron chi connectivity index (χ3n) is 3.72. The van der Waals surface area contributed by atoms with Crippen LogP contribution in [0.5, 0.6) is 0 Å². The van der Waals surface area contributed by atoms with Crippen molar-refractivity contribution in [1.82, 2.24) is 9.47 Å². The van der Waals surface area contributed by atoms with Crippen LogP contribution in [0, 0.1) is 11.3 Å². The Morgan fingerprint density at radius 1 is 1.37 bits per heavy atom. The van der Waals surface area contributed by atoms with Gasteiger partial charge < -0.3 is 9.47 Å². The molecule has 1 amide bonds. The number of carbonyl (C=O) groups excluding carboxylic acids is 1. The van der Waals surface area contributed by atoms with E-state index < -0.39 is 0 Å². The van der Waals surface area contributed by atoms with E-state index in [1.165, 1.54) is 0 Å². The molecule has 2 atom stereocenters. The summed E-state index contributed by atoms with van der Waals surface area (Å²) in [6, 6.07) is 4.14. The average Bonchev–Trinajstić information content (AvgIpc) is 2.79. The molecule has 0 aliphatic heterocycles. The van der Waals surface area contributed by atoms with Crippen LogP contribution in [0.25, 0.3) is 0 Å². The van der Waals surface area contributed by atoms with Crippen molar-refractivity contribution in [3.05, 3.63) is 23.5 Å². The van der Waals surface area contributed by atoms with Gasteiger partial charge in [-0.05, 0) is 32.8 Å². The van der Waals surface area contributed by atoms with E-state index in [1.54, 1.807) is 23.9 Å². The standard InChI is InChI=1S/C15H23N3O/c1-6-11(3)18(12(4)7-2)15(19)14-8-13(9-16)10-17(14)5/h8,10-12H,6-7H2,1-5H3. The highest BCUT2D eigenvalue weighted by atomic mass is 16.2. The molecule has 0 spiro atoms. The highest BCUT2D eigenvalue weighted by molar-refractivity contribution is 5.93. The van der Waals surface area contributed by atoms with E-state index in [9.17, 15) is 4.79 Å². The summed E-state index contributed by atoms with van der Waals surface area (Å²) >= 11 is 0. The fourth-order valence-corrected chi connectivity index (χ4v) is 2.20. The predicted octanol–water partition coefficient (Wildman–Crippen LogP) is 2.94. The maximum Gasteiger partial charge on any atom is 0.270 e. The summed E-state index contributed by atoms with van der Waals surface area (Å²) < 4.78 is 1.73. The van der Waals surface area contributed by atoms with Gasteiger partial charge in [0.2, 0.25) is 0 Å². The first-order valence-electron chi connectivity index (χ1n) is 6.85. The molecule has 104 valence electrons. The summed E-state index contributed by atoms with van der Waals surface area (Å²) in [7, 11) is 1.81. The number of aromatic nitrogens is 1. The molecule has 19 heavy (non-hydrogen) atoms. The van der Waals surface area contributed by atoms with Gasteiger partial charge in [-0.2, -0.15) is 5.26 Å². The lowest BCUT2D eigenvalue weighted by atomic mass is 10.1. The van der Waals surface area contributed by atoms with Crippen LogP contribution in [0.3, 0.4) is 0 Å². The molecule has 2 unspecified atom stereocenters. The number of aryl methyl sites for hydroxylation is 1.